The molecular weight excluding hydrogens is 443 g/mol. The zero-order chi connectivity index (χ0) is 19.5. The second-order valence-electron chi connectivity index (χ2n) is 6.16. The third-order valence-electron chi connectivity index (χ3n) is 4.62. The molecule has 2 heterocycles. The molecule has 1 fully saturated rings. The van der Waals surface area contributed by atoms with E-state index in [1.165, 1.54) is 12.1 Å². The average Bonchev–Trinajstić information content (AvgIpc) is 3.09. The van der Waals surface area contributed by atoms with Gasteiger partial charge in [0.05, 0.1) is 22.9 Å². The molecule has 1 unspecified atom stereocenters. The van der Waals surface area contributed by atoms with Crippen LogP contribution in [0.15, 0.2) is 40.9 Å². The first-order valence-electron chi connectivity index (χ1n) is 7.79. The summed E-state index contributed by atoms with van der Waals surface area (Å²) in [6.45, 7) is 0. The predicted octanol–water partition coefficient (Wildman–Crippen LogP) is 4.40. The van der Waals surface area contributed by atoms with Gasteiger partial charge in [-0.3, -0.25) is 9.69 Å². The van der Waals surface area contributed by atoms with Crippen LogP contribution < -0.4 is 9.80 Å². The van der Waals surface area contributed by atoms with Gasteiger partial charge in [0.25, 0.3) is 5.91 Å². The summed E-state index contributed by atoms with van der Waals surface area (Å²) in [5.41, 5.74) is 0.128. The van der Waals surface area contributed by atoms with Crippen LogP contribution in [0.3, 0.4) is 0 Å². The van der Waals surface area contributed by atoms with Gasteiger partial charge in [0.1, 0.15) is 6.04 Å². The van der Waals surface area contributed by atoms with Crippen molar-refractivity contribution in [1.82, 2.24) is 0 Å². The smallest absolute Gasteiger partial charge is 0.305 e. The first-order chi connectivity index (χ1) is 12.7. The topological polar surface area (TPSA) is 47.3 Å². The number of amides is 1. The van der Waals surface area contributed by atoms with E-state index in [0.29, 0.717) is 6.42 Å². The van der Waals surface area contributed by atoms with E-state index >= 15 is 0 Å². The molecule has 1 atom stereocenters. The Labute approximate surface area is 165 Å². The van der Waals surface area contributed by atoms with Crippen LogP contribution >= 0.6 is 28.1 Å². The van der Waals surface area contributed by atoms with Gasteiger partial charge in [-0.1, -0.05) is 22.0 Å². The van der Waals surface area contributed by atoms with Crippen molar-refractivity contribution in [3.05, 3.63) is 57.6 Å². The maximum Gasteiger partial charge on any atom is 0.417 e. The summed E-state index contributed by atoms with van der Waals surface area (Å²) >= 11 is 8.80. The number of nitrogens with zero attached hydrogens (tertiary/aromatic N) is 3. The number of carbonyl (C=O) groups is 1. The van der Waals surface area contributed by atoms with Gasteiger partial charge in [-0.05, 0) is 48.1 Å². The largest absolute Gasteiger partial charge is 0.417 e. The summed E-state index contributed by atoms with van der Waals surface area (Å²) in [6, 6.07) is 9.70. The van der Waals surface area contributed by atoms with E-state index in [0.717, 1.165) is 32.8 Å². The molecule has 4 rings (SSSR count). The molecule has 136 valence electrons. The number of rotatable bonds is 1. The van der Waals surface area contributed by atoms with Gasteiger partial charge in [-0.25, -0.2) is 0 Å². The van der Waals surface area contributed by atoms with E-state index in [1.54, 1.807) is 4.90 Å². The fourth-order valence-corrected chi connectivity index (χ4v) is 4.20. The van der Waals surface area contributed by atoms with E-state index in [9.17, 15) is 18.0 Å². The summed E-state index contributed by atoms with van der Waals surface area (Å²) in [4.78, 5) is 15.7. The molecule has 4 nitrogen and oxygen atoms in total. The SMILES string of the molecule is N#Cc1ccc(N2C(=O)C3Cc4ccc(Br)cc4N3C2=S)cc1C(F)(F)F. The highest BCUT2D eigenvalue weighted by atomic mass is 79.9. The lowest BCUT2D eigenvalue weighted by Crippen LogP contribution is -2.33. The normalized spacial score (nSPS) is 18.6. The lowest BCUT2D eigenvalue weighted by Gasteiger charge is -2.21. The van der Waals surface area contributed by atoms with Crippen molar-refractivity contribution in [2.75, 3.05) is 9.80 Å². The summed E-state index contributed by atoms with van der Waals surface area (Å²) < 4.78 is 40.6. The quantitative estimate of drug-likeness (QED) is 0.602. The molecule has 2 aliphatic heterocycles. The molecule has 0 aliphatic carbocycles. The molecule has 2 aliphatic rings. The van der Waals surface area contributed by atoms with Crippen LogP contribution in [0.4, 0.5) is 24.5 Å². The van der Waals surface area contributed by atoms with Crippen molar-refractivity contribution >= 4 is 50.5 Å². The van der Waals surface area contributed by atoms with Gasteiger partial charge >= 0.3 is 6.18 Å². The number of alkyl halides is 3. The molecule has 9 heteroatoms. The first kappa shape index (κ1) is 17.9. The Balaban J connectivity index is 1.78. The predicted molar refractivity (Wildman–Crippen MR) is 100 cm³/mol. The third kappa shape index (κ3) is 2.71. The number of benzene rings is 2. The van der Waals surface area contributed by atoms with Crippen molar-refractivity contribution in [2.24, 2.45) is 0 Å². The molecule has 0 spiro atoms. The van der Waals surface area contributed by atoms with E-state index < -0.39 is 23.3 Å². The van der Waals surface area contributed by atoms with Crippen LogP contribution in [0.2, 0.25) is 0 Å². The maximum absolute atomic E-state index is 13.3. The number of halogens is 4. The Bertz CT molecular complexity index is 1050. The molecule has 0 bridgehead atoms. The molecule has 2 aromatic carbocycles. The first-order valence-corrected chi connectivity index (χ1v) is 8.99. The second-order valence-corrected chi connectivity index (χ2v) is 7.44. The molecule has 27 heavy (non-hydrogen) atoms. The zero-order valence-corrected chi connectivity index (χ0v) is 15.8. The molecule has 1 saturated heterocycles. The summed E-state index contributed by atoms with van der Waals surface area (Å²) in [5.74, 6) is -0.384. The third-order valence-corrected chi connectivity index (χ3v) is 5.49. The lowest BCUT2D eigenvalue weighted by molar-refractivity contribution is -0.137. The van der Waals surface area contributed by atoms with Crippen LogP contribution in [0.25, 0.3) is 0 Å². The minimum Gasteiger partial charge on any atom is -0.305 e. The second kappa shape index (κ2) is 6.04. The van der Waals surface area contributed by atoms with Gasteiger partial charge in [0.15, 0.2) is 5.11 Å². The number of nitriles is 1. The highest BCUT2D eigenvalue weighted by molar-refractivity contribution is 9.10. The van der Waals surface area contributed by atoms with Crippen molar-refractivity contribution in [3.8, 4) is 6.07 Å². The molecule has 0 radical (unpaired) electrons. The molecule has 2 aromatic rings. The van der Waals surface area contributed by atoms with Gasteiger partial charge in [0, 0.05) is 16.6 Å². The fourth-order valence-electron chi connectivity index (χ4n) is 3.43. The van der Waals surface area contributed by atoms with E-state index in [-0.39, 0.29) is 16.7 Å². The van der Waals surface area contributed by atoms with Gasteiger partial charge < -0.3 is 4.90 Å². The minimum atomic E-state index is -4.71. The Kier molecular flexibility index (Phi) is 4.01. The van der Waals surface area contributed by atoms with Crippen molar-refractivity contribution < 1.29 is 18.0 Å². The van der Waals surface area contributed by atoms with Crippen LogP contribution in [-0.4, -0.2) is 17.1 Å². The van der Waals surface area contributed by atoms with Crippen LogP contribution in [0, 0.1) is 11.3 Å². The Morgan fingerprint density at radius 1 is 1.22 bits per heavy atom. The molecule has 0 aromatic heterocycles. The standard InChI is InChI=1S/C18H9BrF3N3OS/c19-11-3-1-9-5-15-16(26)24(17(27)25(15)14(9)6-11)12-4-2-10(8-23)13(7-12)18(20,21)22/h1-4,6-7,15H,5H2. The van der Waals surface area contributed by atoms with Crippen LogP contribution in [0.1, 0.15) is 16.7 Å². The number of carbonyl (C=O) groups excluding carboxylic acids is 1. The Morgan fingerprint density at radius 2 is 1.96 bits per heavy atom. The monoisotopic (exact) mass is 451 g/mol. The molecule has 0 N–H and O–H groups in total. The van der Waals surface area contributed by atoms with Gasteiger partial charge in [-0.15, -0.1) is 0 Å². The highest BCUT2D eigenvalue weighted by Gasteiger charge is 2.48. The van der Waals surface area contributed by atoms with Crippen molar-refractivity contribution in [3.63, 3.8) is 0 Å². The average molecular weight is 452 g/mol. The molecule has 1 amide bonds. The van der Waals surface area contributed by atoms with Crippen molar-refractivity contribution in [2.45, 2.75) is 18.6 Å². The van der Waals surface area contributed by atoms with Crippen LogP contribution in [0.5, 0.6) is 0 Å². The minimum absolute atomic E-state index is 0.00210. The zero-order valence-electron chi connectivity index (χ0n) is 13.4. The van der Waals surface area contributed by atoms with E-state index in [2.05, 4.69) is 15.9 Å². The van der Waals surface area contributed by atoms with Gasteiger partial charge in [-0.2, -0.15) is 18.4 Å². The Morgan fingerprint density at radius 3 is 2.63 bits per heavy atom. The van der Waals surface area contributed by atoms with Crippen LogP contribution in [-0.2, 0) is 17.4 Å². The van der Waals surface area contributed by atoms with Crippen molar-refractivity contribution in [1.29, 1.82) is 5.26 Å². The summed E-state index contributed by atoms with van der Waals surface area (Å²) in [6.07, 6.45) is -4.28. The Hall–Kier alpha value is -2.44. The number of hydrogen-bond donors (Lipinski definition) is 0. The van der Waals surface area contributed by atoms with E-state index in [4.69, 9.17) is 17.5 Å². The maximum atomic E-state index is 13.3. The summed E-state index contributed by atoms with van der Waals surface area (Å²) in [7, 11) is 0. The molecular formula is C18H9BrF3N3OS. The van der Waals surface area contributed by atoms with E-state index in [1.807, 2.05) is 18.2 Å². The highest BCUT2D eigenvalue weighted by Crippen LogP contribution is 2.42. The number of anilines is 2. The number of hydrogen-bond acceptors (Lipinski definition) is 3. The number of thiocarbonyl (C=S) groups is 1. The fraction of sp³-hybridized carbons (Fsp3) is 0.167. The van der Waals surface area contributed by atoms with Gasteiger partial charge in [0.2, 0.25) is 0 Å². The lowest BCUT2D eigenvalue weighted by atomic mass is 10.1. The summed E-state index contributed by atoms with van der Waals surface area (Å²) in [5, 5.41) is 9.06. The number of fused-ring (bicyclic) bond motifs is 3. The molecule has 0 saturated carbocycles.